The van der Waals surface area contributed by atoms with Crippen LogP contribution in [-0.4, -0.2) is 22.0 Å². The largest absolute Gasteiger partial charge is 0.461 e. The molecule has 0 saturated heterocycles. The number of benzene rings is 2. The average Bonchev–Trinajstić information content (AvgIpc) is 2.56. The fourth-order valence-electron chi connectivity index (χ4n) is 1.94. The number of ether oxygens (including phenoxy) is 2. The van der Waals surface area contributed by atoms with E-state index in [1.54, 1.807) is 49.4 Å². The number of carbonyl (C=O) groups excluding carboxylic acids is 1. The summed E-state index contributed by atoms with van der Waals surface area (Å²) in [6.45, 7) is 1.60. The van der Waals surface area contributed by atoms with Gasteiger partial charge < -0.3 is 9.47 Å². The highest BCUT2D eigenvalue weighted by atomic mass is 35.5. The number of rotatable bonds is 4. The van der Waals surface area contributed by atoms with Crippen molar-refractivity contribution in [1.82, 2.24) is 9.97 Å². The molecule has 3 aromatic rings. The second kappa shape index (κ2) is 6.62. The van der Waals surface area contributed by atoms with Crippen molar-refractivity contribution < 1.29 is 14.3 Å². The molecule has 0 aliphatic heterocycles. The lowest BCUT2D eigenvalue weighted by molar-refractivity contribution is -0.141. The summed E-state index contributed by atoms with van der Waals surface area (Å²) in [6, 6.07) is 14.0. The average molecular weight is 329 g/mol. The van der Waals surface area contributed by atoms with Crippen molar-refractivity contribution in [2.24, 2.45) is 0 Å². The van der Waals surface area contributed by atoms with Crippen molar-refractivity contribution in [3.05, 3.63) is 59.8 Å². The molecule has 0 unspecified atom stereocenters. The number of nitrogens with zero attached hydrogens (tertiary/aromatic N) is 2. The summed E-state index contributed by atoms with van der Waals surface area (Å²) in [5.74, 6) is 0.207. The monoisotopic (exact) mass is 328 g/mol. The van der Waals surface area contributed by atoms with Crippen molar-refractivity contribution in [2.75, 3.05) is 0 Å². The normalized spacial score (nSPS) is 11.9. The lowest BCUT2D eigenvalue weighted by atomic mass is 10.3. The predicted molar refractivity (Wildman–Crippen MR) is 86.7 cm³/mol. The zero-order valence-corrected chi connectivity index (χ0v) is 13.0. The van der Waals surface area contributed by atoms with Crippen molar-refractivity contribution in [1.29, 1.82) is 0 Å². The second-order valence-electron chi connectivity index (χ2n) is 4.84. The Balaban J connectivity index is 1.70. The Kier molecular flexibility index (Phi) is 4.39. The Morgan fingerprint density at radius 2 is 1.91 bits per heavy atom. The van der Waals surface area contributed by atoms with Crippen LogP contribution in [0, 0.1) is 0 Å². The highest BCUT2D eigenvalue weighted by molar-refractivity contribution is 6.31. The number of esters is 1. The van der Waals surface area contributed by atoms with Gasteiger partial charge in [0.25, 0.3) is 0 Å². The van der Waals surface area contributed by atoms with Crippen LogP contribution in [0.4, 0.5) is 0 Å². The number of fused-ring (bicyclic) bond motifs is 1. The minimum Gasteiger partial charge on any atom is -0.461 e. The molecule has 0 aliphatic carbocycles. The van der Waals surface area contributed by atoms with Gasteiger partial charge in [-0.2, -0.15) is 0 Å². The standard InChI is InChI=1S/C17H13ClN2O3/c1-11(17(21)23-13-5-3-2-4-6-13)22-16-10-19-15-9-12(18)7-8-14(15)20-16/h2-11H,1H3/t11-/m1/s1. The van der Waals surface area contributed by atoms with Crippen LogP contribution < -0.4 is 9.47 Å². The third-order valence-corrected chi connectivity index (χ3v) is 3.31. The maximum atomic E-state index is 12.0. The summed E-state index contributed by atoms with van der Waals surface area (Å²) >= 11 is 5.90. The quantitative estimate of drug-likeness (QED) is 0.540. The van der Waals surface area contributed by atoms with Crippen LogP contribution in [0.1, 0.15) is 6.92 Å². The van der Waals surface area contributed by atoms with Gasteiger partial charge in [0, 0.05) is 5.02 Å². The van der Waals surface area contributed by atoms with Crippen LogP contribution in [0.25, 0.3) is 11.0 Å². The van der Waals surface area contributed by atoms with Gasteiger partial charge in [0.15, 0.2) is 6.10 Å². The van der Waals surface area contributed by atoms with Crippen molar-refractivity contribution in [3.8, 4) is 11.6 Å². The highest BCUT2D eigenvalue weighted by Gasteiger charge is 2.18. The summed E-state index contributed by atoms with van der Waals surface area (Å²) in [4.78, 5) is 20.5. The molecule has 0 N–H and O–H groups in total. The summed E-state index contributed by atoms with van der Waals surface area (Å²) in [6.07, 6.45) is 0.638. The molecule has 5 nitrogen and oxygen atoms in total. The van der Waals surface area contributed by atoms with Gasteiger partial charge in [0.05, 0.1) is 17.2 Å². The van der Waals surface area contributed by atoms with E-state index < -0.39 is 12.1 Å². The van der Waals surface area contributed by atoms with E-state index in [-0.39, 0.29) is 5.88 Å². The molecule has 23 heavy (non-hydrogen) atoms. The number of halogens is 1. The summed E-state index contributed by atoms with van der Waals surface area (Å²) < 4.78 is 10.7. The highest BCUT2D eigenvalue weighted by Crippen LogP contribution is 2.19. The van der Waals surface area contributed by atoms with E-state index >= 15 is 0 Å². The Morgan fingerprint density at radius 1 is 1.13 bits per heavy atom. The van der Waals surface area contributed by atoms with Crippen LogP contribution in [0.5, 0.6) is 11.6 Å². The first-order chi connectivity index (χ1) is 11.1. The number of hydrogen-bond donors (Lipinski definition) is 0. The molecular weight excluding hydrogens is 316 g/mol. The van der Waals surface area contributed by atoms with E-state index in [0.717, 1.165) is 0 Å². The van der Waals surface area contributed by atoms with Crippen molar-refractivity contribution in [3.63, 3.8) is 0 Å². The van der Waals surface area contributed by atoms with Crippen LogP contribution in [-0.2, 0) is 4.79 Å². The van der Waals surface area contributed by atoms with Crippen LogP contribution in [0.3, 0.4) is 0 Å². The SMILES string of the molecule is C[C@@H](Oc1cnc2cc(Cl)ccc2n1)C(=O)Oc1ccccc1. The lowest BCUT2D eigenvalue weighted by Gasteiger charge is -2.13. The second-order valence-corrected chi connectivity index (χ2v) is 5.27. The minimum absolute atomic E-state index is 0.248. The Hall–Kier alpha value is -2.66. The third kappa shape index (κ3) is 3.76. The molecule has 1 atom stereocenters. The minimum atomic E-state index is -0.811. The molecule has 116 valence electrons. The zero-order valence-electron chi connectivity index (χ0n) is 12.3. The van der Waals surface area contributed by atoms with Gasteiger partial charge in [0.1, 0.15) is 5.75 Å². The number of aromatic nitrogens is 2. The topological polar surface area (TPSA) is 61.3 Å². The number of para-hydroxylation sites is 1. The Bertz CT molecular complexity index is 840. The maximum Gasteiger partial charge on any atom is 0.352 e. The van der Waals surface area contributed by atoms with Crippen molar-refractivity contribution in [2.45, 2.75) is 13.0 Å². The van der Waals surface area contributed by atoms with E-state index in [1.165, 1.54) is 6.20 Å². The fraction of sp³-hybridized carbons (Fsp3) is 0.118. The molecule has 0 amide bonds. The first-order valence-corrected chi connectivity index (χ1v) is 7.35. The van der Waals surface area contributed by atoms with Crippen LogP contribution in [0.2, 0.25) is 5.02 Å². The molecule has 0 fully saturated rings. The van der Waals surface area contributed by atoms with E-state index in [0.29, 0.717) is 21.8 Å². The van der Waals surface area contributed by atoms with Gasteiger partial charge in [0.2, 0.25) is 5.88 Å². The molecule has 0 radical (unpaired) electrons. The van der Waals surface area contributed by atoms with Gasteiger partial charge in [-0.25, -0.2) is 14.8 Å². The number of hydrogen-bond acceptors (Lipinski definition) is 5. The van der Waals surface area contributed by atoms with Gasteiger partial charge in [-0.1, -0.05) is 29.8 Å². The van der Waals surface area contributed by atoms with E-state index in [2.05, 4.69) is 9.97 Å². The third-order valence-electron chi connectivity index (χ3n) is 3.07. The maximum absolute atomic E-state index is 12.0. The molecular formula is C17H13ClN2O3. The predicted octanol–water partition coefficient (Wildman–Crippen LogP) is 3.66. The lowest BCUT2D eigenvalue weighted by Crippen LogP contribution is -2.28. The molecule has 1 aromatic heterocycles. The van der Waals surface area contributed by atoms with E-state index in [9.17, 15) is 4.79 Å². The van der Waals surface area contributed by atoms with Gasteiger partial charge >= 0.3 is 5.97 Å². The van der Waals surface area contributed by atoms with Crippen molar-refractivity contribution >= 4 is 28.6 Å². The molecule has 0 aliphatic rings. The molecule has 2 aromatic carbocycles. The summed E-state index contributed by atoms with van der Waals surface area (Å²) in [5.41, 5.74) is 1.29. The Labute approximate surface area is 137 Å². The molecule has 0 bridgehead atoms. The van der Waals surface area contributed by atoms with Gasteiger partial charge in [-0.15, -0.1) is 0 Å². The summed E-state index contributed by atoms with van der Waals surface area (Å²) in [7, 11) is 0. The number of carbonyl (C=O) groups is 1. The van der Waals surface area contributed by atoms with Crippen LogP contribution in [0.15, 0.2) is 54.7 Å². The van der Waals surface area contributed by atoms with E-state index in [4.69, 9.17) is 21.1 Å². The van der Waals surface area contributed by atoms with E-state index in [1.807, 2.05) is 6.07 Å². The fourth-order valence-corrected chi connectivity index (χ4v) is 2.11. The first-order valence-electron chi connectivity index (χ1n) is 6.97. The van der Waals surface area contributed by atoms with Gasteiger partial charge in [-0.3, -0.25) is 0 Å². The van der Waals surface area contributed by atoms with Gasteiger partial charge in [-0.05, 0) is 37.3 Å². The molecule has 6 heteroatoms. The molecule has 1 heterocycles. The zero-order chi connectivity index (χ0) is 16.2. The molecule has 0 spiro atoms. The first kappa shape index (κ1) is 15.2. The smallest absolute Gasteiger partial charge is 0.352 e. The summed E-state index contributed by atoms with van der Waals surface area (Å²) in [5, 5.41) is 0.584. The molecule has 0 saturated carbocycles. The van der Waals surface area contributed by atoms with Crippen LogP contribution >= 0.6 is 11.6 Å². The Morgan fingerprint density at radius 3 is 2.70 bits per heavy atom. The molecule has 3 rings (SSSR count).